The number of hydrogen-bond acceptors (Lipinski definition) is 3. The fraction of sp³-hybridized carbons (Fsp3) is 0.500. The predicted octanol–water partition coefficient (Wildman–Crippen LogP) is 1.43. The summed E-state index contributed by atoms with van der Waals surface area (Å²) in [6.45, 7) is 2.60. The van der Waals surface area contributed by atoms with Crippen LogP contribution in [0.15, 0.2) is 24.3 Å². The lowest BCUT2D eigenvalue weighted by molar-refractivity contribution is -0.131. The fourth-order valence-electron chi connectivity index (χ4n) is 1.82. The Morgan fingerprint density at radius 3 is 2.72 bits per heavy atom. The van der Waals surface area contributed by atoms with Crippen molar-refractivity contribution in [2.24, 2.45) is 5.73 Å². The molecule has 0 radical (unpaired) electrons. The highest BCUT2D eigenvalue weighted by Gasteiger charge is 2.16. The van der Waals surface area contributed by atoms with E-state index in [9.17, 15) is 4.79 Å². The maximum absolute atomic E-state index is 12.1. The molecular formula is C14H22N2O2. The smallest absolute Gasteiger partial charge is 0.227 e. The van der Waals surface area contributed by atoms with Crippen molar-refractivity contribution in [2.45, 2.75) is 25.8 Å². The van der Waals surface area contributed by atoms with Crippen molar-refractivity contribution >= 4 is 5.91 Å². The number of benzene rings is 1. The van der Waals surface area contributed by atoms with Crippen molar-refractivity contribution in [1.29, 1.82) is 0 Å². The lowest BCUT2D eigenvalue weighted by Crippen LogP contribution is -2.37. The molecule has 1 rings (SSSR count). The molecule has 4 heteroatoms. The van der Waals surface area contributed by atoms with Crippen LogP contribution in [0.4, 0.5) is 0 Å². The van der Waals surface area contributed by atoms with E-state index in [1.807, 2.05) is 38.2 Å². The molecule has 0 spiro atoms. The monoisotopic (exact) mass is 250 g/mol. The van der Waals surface area contributed by atoms with Crippen molar-refractivity contribution in [3.05, 3.63) is 29.8 Å². The number of carbonyl (C=O) groups excluding carboxylic acids is 1. The van der Waals surface area contributed by atoms with E-state index < -0.39 is 0 Å². The number of amides is 1. The molecule has 0 aromatic heterocycles. The van der Waals surface area contributed by atoms with Gasteiger partial charge in [0, 0.05) is 18.7 Å². The zero-order valence-electron chi connectivity index (χ0n) is 11.3. The van der Waals surface area contributed by atoms with Gasteiger partial charge in [0.15, 0.2) is 0 Å². The highest BCUT2D eigenvalue weighted by molar-refractivity contribution is 5.79. The molecule has 0 bridgehead atoms. The summed E-state index contributed by atoms with van der Waals surface area (Å²) in [5.74, 6) is 0.839. The van der Waals surface area contributed by atoms with Crippen LogP contribution in [0.1, 0.15) is 18.9 Å². The number of para-hydroxylation sites is 1. The molecule has 1 aromatic rings. The Balaban J connectivity index is 2.69. The summed E-state index contributed by atoms with van der Waals surface area (Å²) in [5.41, 5.74) is 6.42. The van der Waals surface area contributed by atoms with E-state index in [-0.39, 0.29) is 11.9 Å². The molecule has 1 unspecified atom stereocenters. The van der Waals surface area contributed by atoms with Gasteiger partial charge >= 0.3 is 0 Å². The molecule has 0 aliphatic carbocycles. The molecular weight excluding hydrogens is 228 g/mol. The number of nitrogens with two attached hydrogens (primary N) is 1. The molecule has 1 aromatic carbocycles. The van der Waals surface area contributed by atoms with E-state index in [4.69, 9.17) is 10.5 Å². The average molecular weight is 250 g/mol. The Morgan fingerprint density at radius 1 is 1.44 bits per heavy atom. The molecule has 1 amide bonds. The first-order valence-electron chi connectivity index (χ1n) is 6.17. The van der Waals surface area contributed by atoms with Crippen LogP contribution in [0.5, 0.6) is 5.75 Å². The number of ether oxygens (including phenoxy) is 1. The Hall–Kier alpha value is -1.55. The van der Waals surface area contributed by atoms with Gasteiger partial charge in [0.25, 0.3) is 0 Å². The number of carbonyl (C=O) groups is 1. The zero-order valence-corrected chi connectivity index (χ0v) is 11.3. The Bertz CT molecular complexity index is 393. The molecule has 0 fully saturated rings. The third-order valence-electron chi connectivity index (χ3n) is 3.17. The van der Waals surface area contributed by atoms with Gasteiger partial charge in [-0.3, -0.25) is 4.79 Å². The van der Waals surface area contributed by atoms with E-state index in [0.29, 0.717) is 13.0 Å². The van der Waals surface area contributed by atoms with Crippen molar-refractivity contribution < 1.29 is 9.53 Å². The van der Waals surface area contributed by atoms with Crippen molar-refractivity contribution in [3.8, 4) is 5.75 Å². The molecule has 0 aliphatic heterocycles. The second kappa shape index (κ2) is 7.01. The first kappa shape index (κ1) is 14.5. The average Bonchev–Trinajstić information content (AvgIpc) is 2.38. The molecule has 0 saturated carbocycles. The van der Waals surface area contributed by atoms with Gasteiger partial charge in [-0.05, 0) is 26.0 Å². The summed E-state index contributed by atoms with van der Waals surface area (Å²) in [6.07, 6.45) is 1.17. The van der Waals surface area contributed by atoms with Crippen LogP contribution in [-0.2, 0) is 11.2 Å². The predicted molar refractivity (Wildman–Crippen MR) is 72.6 cm³/mol. The first-order valence-corrected chi connectivity index (χ1v) is 6.17. The van der Waals surface area contributed by atoms with E-state index >= 15 is 0 Å². The Labute approximate surface area is 109 Å². The lowest BCUT2D eigenvalue weighted by Gasteiger charge is -2.25. The van der Waals surface area contributed by atoms with E-state index in [1.165, 1.54) is 0 Å². The first-order chi connectivity index (χ1) is 8.60. The third kappa shape index (κ3) is 3.74. The van der Waals surface area contributed by atoms with Gasteiger partial charge in [-0.1, -0.05) is 18.2 Å². The van der Waals surface area contributed by atoms with Crippen LogP contribution in [-0.4, -0.2) is 37.6 Å². The molecule has 0 saturated heterocycles. The van der Waals surface area contributed by atoms with Crippen LogP contribution in [0.3, 0.4) is 0 Å². The van der Waals surface area contributed by atoms with Gasteiger partial charge in [-0.25, -0.2) is 0 Å². The van der Waals surface area contributed by atoms with Crippen LogP contribution >= 0.6 is 0 Å². The summed E-state index contributed by atoms with van der Waals surface area (Å²) in [6, 6.07) is 7.75. The highest BCUT2D eigenvalue weighted by Crippen LogP contribution is 2.18. The largest absolute Gasteiger partial charge is 0.496 e. The quantitative estimate of drug-likeness (QED) is 0.831. The van der Waals surface area contributed by atoms with Gasteiger partial charge in [0.2, 0.25) is 5.91 Å². The summed E-state index contributed by atoms with van der Waals surface area (Å²) < 4.78 is 5.24. The normalized spacial score (nSPS) is 12.0. The van der Waals surface area contributed by atoms with Gasteiger partial charge < -0.3 is 15.4 Å². The molecule has 4 nitrogen and oxygen atoms in total. The zero-order chi connectivity index (χ0) is 13.5. The number of methoxy groups -OCH3 is 1. The maximum Gasteiger partial charge on any atom is 0.227 e. The van der Waals surface area contributed by atoms with Gasteiger partial charge in [-0.15, -0.1) is 0 Å². The van der Waals surface area contributed by atoms with E-state index in [1.54, 1.807) is 12.0 Å². The molecule has 0 aliphatic rings. The van der Waals surface area contributed by atoms with Crippen molar-refractivity contribution in [2.75, 3.05) is 20.7 Å². The molecule has 0 heterocycles. The number of rotatable bonds is 6. The minimum absolute atomic E-state index is 0.0838. The summed E-state index contributed by atoms with van der Waals surface area (Å²) in [4.78, 5) is 13.9. The van der Waals surface area contributed by atoms with Crippen LogP contribution < -0.4 is 10.5 Å². The van der Waals surface area contributed by atoms with Gasteiger partial charge in [0.05, 0.1) is 13.5 Å². The second-order valence-corrected chi connectivity index (χ2v) is 4.42. The minimum Gasteiger partial charge on any atom is -0.496 e. The molecule has 2 N–H and O–H groups in total. The summed E-state index contributed by atoms with van der Waals surface area (Å²) in [7, 11) is 3.43. The minimum atomic E-state index is 0.0838. The third-order valence-corrected chi connectivity index (χ3v) is 3.17. The second-order valence-electron chi connectivity index (χ2n) is 4.42. The fourth-order valence-corrected chi connectivity index (χ4v) is 1.82. The van der Waals surface area contributed by atoms with Gasteiger partial charge in [0.1, 0.15) is 5.75 Å². The van der Waals surface area contributed by atoms with Crippen LogP contribution in [0.2, 0.25) is 0 Å². The number of likely N-dealkylation sites (N-methyl/N-ethyl adjacent to an activating group) is 1. The summed E-state index contributed by atoms with van der Waals surface area (Å²) >= 11 is 0. The number of hydrogen-bond donors (Lipinski definition) is 1. The molecule has 1 atom stereocenters. The summed E-state index contributed by atoms with van der Waals surface area (Å²) in [5, 5.41) is 0. The highest BCUT2D eigenvalue weighted by atomic mass is 16.5. The van der Waals surface area contributed by atoms with E-state index in [2.05, 4.69) is 0 Å². The SMILES string of the molecule is COc1ccccc1CC(=O)N(C)C(C)CCN. The molecule has 100 valence electrons. The van der Waals surface area contributed by atoms with Crippen LogP contribution in [0, 0.1) is 0 Å². The Kier molecular flexibility index (Phi) is 5.65. The maximum atomic E-state index is 12.1. The molecule has 18 heavy (non-hydrogen) atoms. The number of nitrogens with zero attached hydrogens (tertiary/aromatic N) is 1. The van der Waals surface area contributed by atoms with Crippen LogP contribution in [0.25, 0.3) is 0 Å². The topological polar surface area (TPSA) is 55.6 Å². The Morgan fingerprint density at radius 2 is 2.11 bits per heavy atom. The standard InChI is InChI=1S/C14H22N2O2/c1-11(8-9-15)16(2)14(17)10-12-6-4-5-7-13(12)18-3/h4-7,11H,8-10,15H2,1-3H3. The van der Waals surface area contributed by atoms with Crippen molar-refractivity contribution in [3.63, 3.8) is 0 Å². The van der Waals surface area contributed by atoms with Crippen molar-refractivity contribution in [1.82, 2.24) is 4.90 Å². The lowest BCUT2D eigenvalue weighted by atomic mass is 10.1. The van der Waals surface area contributed by atoms with Gasteiger partial charge in [-0.2, -0.15) is 0 Å². The van der Waals surface area contributed by atoms with E-state index in [0.717, 1.165) is 17.7 Å².